The lowest BCUT2D eigenvalue weighted by Gasteiger charge is -2.32. The van der Waals surface area contributed by atoms with Crippen molar-refractivity contribution in [3.8, 4) is 0 Å². The Morgan fingerprint density at radius 1 is 1.07 bits per heavy atom. The minimum Gasteiger partial charge on any atom is -0.339 e. The highest BCUT2D eigenvalue weighted by molar-refractivity contribution is 5.91. The number of hydrogen-bond donors (Lipinski definition) is 1. The molecule has 0 radical (unpaired) electrons. The number of imidazole rings is 1. The van der Waals surface area contributed by atoms with Crippen LogP contribution < -0.4 is 5.69 Å². The fourth-order valence-electron chi connectivity index (χ4n) is 3.73. The molecule has 1 N–H and O–H groups in total. The molecule has 1 aliphatic heterocycles. The molecule has 138 valence electrons. The largest absolute Gasteiger partial charge is 0.339 e. The Morgan fingerprint density at radius 2 is 1.78 bits per heavy atom. The van der Waals surface area contributed by atoms with Gasteiger partial charge in [0.05, 0.1) is 11.0 Å². The van der Waals surface area contributed by atoms with Gasteiger partial charge in [0.2, 0.25) is 5.91 Å². The van der Waals surface area contributed by atoms with Crippen LogP contribution in [0.5, 0.6) is 0 Å². The number of H-pyrrole nitrogens is 1. The molecule has 4 rings (SSSR count). The van der Waals surface area contributed by atoms with E-state index in [1.54, 1.807) is 6.08 Å². The maximum Gasteiger partial charge on any atom is 0.326 e. The molecule has 5 heteroatoms. The Bertz CT molecular complexity index is 1040. The zero-order valence-electron chi connectivity index (χ0n) is 15.4. The number of piperidine rings is 1. The normalized spacial score (nSPS) is 15.7. The molecule has 0 aliphatic carbocycles. The van der Waals surface area contributed by atoms with E-state index in [1.165, 1.54) is 5.56 Å². The summed E-state index contributed by atoms with van der Waals surface area (Å²) in [5, 5.41) is 0. The smallest absolute Gasteiger partial charge is 0.326 e. The van der Waals surface area contributed by atoms with Crippen LogP contribution in [-0.4, -0.2) is 33.4 Å². The minimum absolute atomic E-state index is 0.0281. The lowest BCUT2D eigenvalue weighted by molar-refractivity contribution is -0.127. The summed E-state index contributed by atoms with van der Waals surface area (Å²) in [7, 11) is 0. The monoisotopic (exact) mass is 361 g/mol. The standard InChI is InChI=1S/C22H23N3O2/c1-16-6-8-17(9-7-16)10-11-21(26)24-14-12-18(13-15-24)25-20-5-3-2-4-19(20)23-22(25)27/h2-11,18H,12-15H2,1H3,(H,23,27)/b11-10+. The Kier molecular flexibility index (Phi) is 4.67. The molecule has 0 unspecified atom stereocenters. The number of fused-ring (bicyclic) bond motifs is 1. The number of carbonyl (C=O) groups is 1. The van der Waals surface area contributed by atoms with Crippen LogP contribution in [0.3, 0.4) is 0 Å². The van der Waals surface area contributed by atoms with Gasteiger partial charge in [0, 0.05) is 25.2 Å². The highest BCUT2D eigenvalue weighted by atomic mass is 16.2. The summed E-state index contributed by atoms with van der Waals surface area (Å²) >= 11 is 0. The fourth-order valence-corrected chi connectivity index (χ4v) is 3.73. The molecule has 5 nitrogen and oxygen atoms in total. The molecule has 0 saturated carbocycles. The van der Waals surface area contributed by atoms with Crippen LogP contribution in [0.15, 0.2) is 59.4 Å². The first-order valence-electron chi connectivity index (χ1n) is 9.35. The van der Waals surface area contributed by atoms with E-state index in [4.69, 9.17) is 0 Å². The number of rotatable bonds is 3. The van der Waals surface area contributed by atoms with Crippen molar-refractivity contribution in [1.29, 1.82) is 0 Å². The van der Waals surface area contributed by atoms with Gasteiger partial charge in [0.1, 0.15) is 0 Å². The summed E-state index contributed by atoms with van der Waals surface area (Å²) in [6.45, 7) is 3.36. The molecule has 0 atom stereocenters. The summed E-state index contributed by atoms with van der Waals surface area (Å²) in [5.41, 5.74) is 3.95. The maximum atomic E-state index is 12.5. The van der Waals surface area contributed by atoms with Gasteiger partial charge in [-0.1, -0.05) is 42.0 Å². The number of aryl methyl sites for hydroxylation is 1. The molecule has 2 heterocycles. The van der Waals surface area contributed by atoms with Gasteiger partial charge in [0.15, 0.2) is 0 Å². The number of nitrogens with zero attached hydrogens (tertiary/aromatic N) is 2. The molecule has 1 aromatic heterocycles. The third-order valence-electron chi connectivity index (χ3n) is 5.26. The van der Waals surface area contributed by atoms with Crippen molar-refractivity contribution in [2.75, 3.05) is 13.1 Å². The van der Waals surface area contributed by atoms with E-state index in [0.717, 1.165) is 29.4 Å². The van der Waals surface area contributed by atoms with Crippen LogP contribution in [0.2, 0.25) is 0 Å². The summed E-state index contributed by atoms with van der Waals surface area (Å²) in [6, 6.07) is 16.0. The molecule has 2 aromatic carbocycles. The third kappa shape index (κ3) is 3.58. The number of nitrogens with one attached hydrogen (secondary N) is 1. The second-order valence-corrected chi connectivity index (χ2v) is 7.12. The zero-order valence-corrected chi connectivity index (χ0v) is 15.4. The molecule has 0 spiro atoms. The number of amides is 1. The van der Waals surface area contributed by atoms with E-state index in [0.29, 0.717) is 13.1 Å². The number of benzene rings is 2. The van der Waals surface area contributed by atoms with Gasteiger partial charge in [-0.15, -0.1) is 0 Å². The second-order valence-electron chi connectivity index (χ2n) is 7.12. The SMILES string of the molecule is Cc1ccc(/C=C/C(=O)N2CCC(n3c(=O)[nH]c4ccccc43)CC2)cc1. The molecule has 1 saturated heterocycles. The predicted molar refractivity (Wildman–Crippen MR) is 108 cm³/mol. The summed E-state index contributed by atoms with van der Waals surface area (Å²) < 4.78 is 1.85. The summed E-state index contributed by atoms with van der Waals surface area (Å²) in [5.74, 6) is 0.0281. The highest BCUT2D eigenvalue weighted by Crippen LogP contribution is 2.25. The molecule has 0 bridgehead atoms. The number of aromatic amines is 1. The molecular weight excluding hydrogens is 338 g/mol. The average molecular weight is 361 g/mol. The molecule has 1 amide bonds. The van der Waals surface area contributed by atoms with Gasteiger partial charge in [-0.25, -0.2) is 4.79 Å². The van der Waals surface area contributed by atoms with E-state index in [2.05, 4.69) is 4.98 Å². The number of carbonyl (C=O) groups excluding carboxylic acids is 1. The average Bonchev–Trinajstić information content (AvgIpc) is 3.03. The first-order chi connectivity index (χ1) is 13.1. The Labute approximate surface area is 157 Å². The van der Waals surface area contributed by atoms with Crippen molar-refractivity contribution in [2.45, 2.75) is 25.8 Å². The topological polar surface area (TPSA) is 58.1 Å². The maximum absolute atomic E-state index is 12.5. The van der Waals surface area contributed by atoms with E-state index < -0.39 is 0 Å². The van der Waals surface area contributed by atoms with Crippen molar-refractivity contribution in [1.82, 2.24) is 14.5 Å². The minimum atomic E-state index is -0.0692. The molecule has 3 aromatic rings. The molecular formula is C22H23N3O2. The lowest BCUT2D eigenvalue weighted by Crippen LogP contribution is -2.39. The van der Waals surface area contributed by atoms with Crippen molar-refractivity contribution >= 4 is 23.0 Å². The Morgan fingerprint density at radius 3 is 2.52 bits per heavy atom. The number of aromatic nitrogens is 2. The number of para-hydroxylation sites is 2. The predicted octanol–water partition coefficient (Wildman–Crippen LogP) is 3.51. The first kappa shape index (κ1) is 17.3. The molecule has 27 heavy (non-hydrogen) atoms. The van der Waals surface area contributed by atoms with Gasteiger partial charge >= 0.3 is 5.69 Å². The number of hydrogen-bond acceptors (Lipinski definition) is 2. The zero-order chi connectivity index (χ0) is 18.8. The van der Waals surface area contributed by atoms with Crippen LogP contribution in [0.25, 0.3) is 17.1 Å². The van der Waals surface area contributed by atoms with Crippen LogP contribution >= 0.6 is 0 Å². The second kappa shape index (κ2) is 7.27. The summed E-state index contributed by atoms with van der Waals surface area (Å²) in [4.78, 5) is 29.6. The van der Waals surface area contributed by atoms with Gasteiger partial charge < -0.3 is 9.88 Å². The van der Waals surface area contributed by atoms with Gasteiger partial charge in [-0.05, 0) is 43.5 Å². The van der Waals surface area contributed by atoms with Crippen LogP contribution in [0.4, 0.5) is 0 Å². The van der Waals surface area contributed by atoms with Crippen molar-refractivity contribution in [2.24, 2.45) is 0 Å². The molecule has 1 aliphatic rings. The first-order valence-corrected chi connectivity index (χ1v) is 9.35. The van der Waals surface area contributed by atoms with Crippen molar-refractivity contribution < 1.29 is 4.79 Å². The van der Waals surface area contributed by atoms with Crippen molar-refractivity contribution in [3.63, 3.8) is 0 Å². The van der Waals surface area contributed by atoms with Gasteiger partial charge in [-0.3, -0.25) is 9.36 Å². The number of likely N-dealkylation sites (tertiary alicyclic amines) is 1. The van der Waals surface area contributed by atoms with Crippen LogP contribution in [-0.2, 0) is 4.79 Å². The summed E-state index contributed by atoms with van der Waals surface area (Å²) in [6.07, 6.45) is 5.07. The van der Waals surface area contributed by atoms with Gasteiger partial charge in [-0.2, -0.15) is 0 Å². The van der Waals surface area contributed by atoms with E-state index in [9.17, 15) is 9.59 Å². The third-order valence-corrected chi connectivity index (χ3v) is 5.26. The quantitative estimate of drug-likeness (QED) is 0.726. The molecule has 1 fully saturated rings. The van der Waals surface area contributed by atoms with E-state index >= 15 is 0 Å². The Balaban J connectivity index is 1.42. The fraction of sp³-hybridized carbons (Fsp3) is 0.273. The van der Waals surface area contributed by atoms with E-state index in [-0.39, 0.29) is 17.6 Å². The Hall–Kier alpha value is -3.08. The van der Waals surface area contributed by atoms with Crippen LogP contribution in [0, 0.1) is 6.92 Å². The van der Waals surface area contributed by atoms with Gasteiger partial charge in [0.25, 0.3) is 0 Å². The van der Waals surface area contributed by atoms with Crippen molar-refractivity contribution in [3.05, 3.63) is 76.2 Å². The van der Waals surface area contributed by atoms with Crippen LogP contribution in [0.1, 0.15) is 30.0 Å². The lowest BCUT2D eigenvalue weighted by atomic mass is 10.0. The highest BCUT2D eigenvalue weighted by Gasteiger charge is 2.25. The van der Waals surface area contributed by atoms with E-state index in [1.807, 2.05) is 71.0 Å².